The van der Waals surface area contributed by atoms with Gasteiger partial charge in [-0.3, -0.25) is 29.1 Å². The second kappa shape index (κ2) is 49.2. The third-order valence-corrected chi connectivity index (χ3v) is 23.2. The standard InChI is InChI=1S/3C38H46N2O4/c1-27-11-8-13-29(21-27)25-43-35-17-7-6-15-31(35)23-40(20-19-34(39)37(41)42)24-32-33(38(3,4)5)16-10-18-36(32)44-26-30-14-9-12-28(2)22-30;1-27-10-8-12-29(20-27)25-43-35-15-7-6-14-31(35)23-40(19-18-34(39)37(41)42)24-32-22-33(38(3,4)5)16-17-36(32)44-26-30-13-9-11-28(2)21-30;1-27-10-8-12-29(20-27)25-43-35-15-7-6-14-31(35)23-40(19-18-34(39)37(41)42)24-32-16-17-33(38(3,4)5)22-36(32)44-26-30-13-9-11-28(2)21-30/h6-18,21-22,34H,19-20,23-26,39H2,1-5H3,(H,41,42);2*6-17,20-22,34H,18-19,23-26,39H2,1-5H3,(H,41,42)/t3*34-/m000/s1. The second-order valence-electron chi connectivity index (χ2n) is 38.0. The van der Waals surface area contributed by atoms with Crippen LogP contribution >= 0.6 is 0 Å². The number of ether oxygens (including phenoxy) is 6. The molecule has 0 spiro atoms. The van der Waals surface area contributed by atoms with Gasteiger partial charge in [0.25, 0.3) is 0 Å². The summed E-state index contributed by atoms with van der Waals surface area (Å²) in [5.41, 5.74) is 41.4. The third kappa shape index (κ3) is 33.2. The summed E-state index contributed by atoms with van der Waals surface area (Å²) < 4.78 is 38.3. The minimum Gasteiger partial charge on any atom is -0.489 e. The number of carbonyl (C=O) groups is 3. The zero-order valence-electron chi connectivity index (χ0n) is 80.0. The first-order valence-corrected chi connectivity index (χ1v) is 45.8. The normalized spacial score (nSPS) is 12.2. The second-order valence-corrected chi connectivity index (χ2v) is 38.0. The fraction of sp³-hybridized carbons (Fsp3) is 0.342. The number of benzene rings is 12. The van der Waals surface area contributed by atoms with E-state index in [0.29, 0.717) is 118 Å². The first-order valence-electron chi connectivity index (χ1n) is 45.8. The highest BCUT2D eigenvalue weighted by molar-refractivity contribution is 5.74. The maximum atomic E-state index is 11.6. The molecule has 0 fully saturated rings. The van der Waals surface area contributed by atoms with Crippen LogP contribution in [0.15, 0.2) is 273 Å². The Hall–Kier alpha value is -12.4. The molecule has 0 amide bonds. The number of nitrogens with two attached hydrogens (primary N) is 3. The van der Waals surface area contributed by atoms with Gasteiger partial charge in [0.05, 0.1) is 0 Å². The molecule has 0 radical (unpaired) electrons. The van der Waals surface area contributed by atoms with Gasteiger partial charge in [-0.2, -0.15) is 0 Å². The maximum Gasteiger partial charge on any atom is 0.320 e. The lowest BCUT2D eigenvalue weighted by atomic mass is 9.83. The number of carboxylic acids is 3. The van der Waals surface area contributed by atoms with E-state index in [1.165, 1.54) is 50.1 Å². The number of aliphatic carboxylic acids is 3. The number of rotatable bonds is 42. The van der Waals surface area contributed by atoms with Crippen LogP contribution in [0.1, 0.15) is 198 Å². The van der Waals surface area contributed by atoms with Gasteiger partial charge in [0.1, 0.15) is 92.3 Å². The number of carboxylic acid groups (broad SMARTS) is 3. The lowest BCUT2D eigenvalue weighted by Gasteiger charge is -2.30. The van der Waals surface area contributed by atoms with Gasteiger partial charge in [-0.05, 0) is 164 Å². The largest absolute Gasteiger partial charge is 0.489 e. The average molecular weight is 1780 g/mol. The number of nitrogens with zero attached hydrogens (tertiary/aromatic N) is 3. The molecule has 696 valence electrons. The number of hydrogen-bond acceptors (Lipinski definition) is 15. The van der Waals surface area contributed by atoms with Crippen molar-refractivity contribution in [2.24, 2.45) is 17.2 Å². The average Bonchev–Trinajstić information content (AvgIpc) is 0.795. The van der Waals surface area contributed by atoms with Gasteiger partial charge in [-0.25, -0.2) is 0 Å². The number of para-hydroxylation sites is 3. The molecular weight excluding hydrogens is 1650 g/mol. The molecule has 18 nitrogen and oxygen atoms in total. The lowest BCUT2D eigenvalue weighted by molar-refractivity contribution is -0.139. The van der Waals surface area contributed by atoms with Crippen molar-refractivity contribution < 1.29 is 58.1 Å². The Kier molecular flexibility index (Phi) is 37.9. The SMILES string of the molecule is Cc1cccc(COc2ccccc2CN(CC[C@H](N)C(=O)O)Cc2c(OCc3cccc(C)c3)cccc2C(C)(C)C)c1.Cc1cccc(COc2ccccc2CN(CC[C@H](N)C(=O)O)Cc2cc(C(C)(C)C)ccc2OCc2cccc(C)c2)c1.Cc1cccc(COc2ccccc2CN(CC[C@H](N)C(=O)O)Cc2ccc(C(C)(C)C)cc2OCc2cccc(C)c2)c1. The van der Waals surface area contributed by atoms with Crippen molar-refractivity contribution >= 4 is 17.9 Å². The Morgan fingerprint density at radius 3 is 0.841 bits per heavy atom. The first-order chi connectivity index (χ1) is 62.9. The minimum absolute atomic E-state index is 0.0402. The van der Waals surface area contributed by atoms with Crippen molar-refractivity contribution in [3.8, 4) is 34.5 Å². The van der Waals surface area contributed by atoms with E-state index in [2.05, 4.69) is 294 Å². The molecule has 132 heavy (non-hydrogen) atoms. The van der Waals surface area contributed by atoms with Crippen molar-refractivity contribution in [1.29, 1.82) is 0 Å². The summed E-state index contributed by atoms with van der Waals surface area (Å²) >= 11 is 0. The number of hydrogen-bond donors (Lipinski definition) is 6. The van der Waals surface area contributed by atoms with Gasteiger partial charge >= 0.3 is 17.9 Å². The molecule has 0 aromatic heterocycles. The minimum atomic E-state index is -0.997. The summed E-state index contributed by atoms with van der Waals surface area (Å²) in [4.78, 5) is 41.5. The summed E-state index contributed by atoms with van der Waals surface area (Å²) in [6.45, 7) is 39.9. The van der Waals surface area contributed by atoms with Crippen LogP contribution < -0.4 is 45.6 Å². The zero-order valence-corrected chi connectivity index (χ0v) is 80.0. The van der Waals surface area contributed by atoms with Gasteiger partial charge < -0.3 is 60.9 Å². The van der Waals surface area contributed by atoms with Crippen molar-refractivity contribution in [3.05, 3.63) is 390 Å². The molecule has 0 aliphatic carbocycles. The monoisotopic (exact) mass is 1780 g/mol. The molecule has 9 N–H and O–H groups in total. The molecule has 0 aliphatic heterocycles. The van der Waals surface area contributed by atoms with E-state index in [0.717, 1.165) is 101 Å². The summed E-state index contributed by atoms with van der Waals surface area (Å²) in [5, 5.41) is 28.5. The fourth-order valence-electron chi connectivity index (χ4n) is 15.7. The van der Waals surface area contributed by atoms with E-state index in [-0.39, 0.29) is 16.2 Å². The topological polar surface area (TPSA) is 255 Å². The highest BCUT2D eigenvalue weighted by Gasteiger charge is 2.28. The third-order valence-electron chi connectivity index (χ3n) is 23.2. The molecule has 0 heterocycles. The van der Waals surface area contributed by atoms with Gasteiger partial charge in [-0.1, -0.05) is 332 Å². The van der Waals surface area contributed by atoms with Crippen molar-refractivity contribution in [3.63, 3.8) is 0 Å². The van der Waals surface area contributed by atoms with Gasteiger partial charge in [0.2, 0.25) is 0 Å². The molecular formula is C114H138N6O12. The Morgan fingerprint density at radius 2 is 0.530 bits per heavy atom. The highest BCUT2D eigenvalue weighted by Crippen LogP contribution is 2.38. The molecule has 12 aromatic carbocycles. The van der Waals surface area contributed by atoms with E-state index >= 15 is 0 Å². The molecule has 0 saturated heterocycles. The van der Waals surface area contributed by atoms with Gasteiger partial charge in [-0.15, -0.1) is 0 Å². The molecule has 0 saturated carbocycles. The Morgan fingerprint density at radius 1 is 0.273 bits per heavy atom. The van der Waals surface area contributed by atoms with Crippen molar-refractivity contribution in [1.82, 2.24) is 14.7 Å². The maximum absolute atomic E-state index is 11.6. The smallest absolute Gasteiger partial charge is 0.320 e. The first kappa shape index (κ1) is 102. The number of aryl methyl sites for hydroxylation is 6. The van der Waals surface area contributed by atoms with Crippen LogP contribution in [0.5, 0.6) is 34.5 Å². The summed E-state index contributed by atoms with van der Waals surface area (Å²) in [7, 11) is 0. The predicted octanol–water partition coefficient (Wildman–Crippen LogP) is 22.7. The fourth-order valence-corrected chi connectivity index (χ4v) is 15.7. The molecule has 0 unspecified atom stereocenters. The van der Waals surface area contributed by atoms with Crippen LogP contribution in [0.3, 0.4) is 0 Å². The Balaban J connectivity index is 0.000000205. The quantitative estimate of drug-likeness (QED) is 0.0208. The van der Waals surface area contributed by atoms with Crippen LogP contribution in [0.2, 0.25) is 0 Å². The highest BCUT2D eigenvalue weighted by atomic mass is 16.5. The van der Waals surface area contributed by atoms with Gasteiger partial charge in [0, 0.05) is 92.3 Å². The molecule has 0 bridgehead atoms. The van der Waals surface area contributed by atoms with E-state index in [1.807, 2.05) is 97.1 Å². The van der Waals surface area contributed by atoms with Crippen LogP contribution in [0.4, 0.5) is 0 Å². The van der Waals surface area contributed by atoms with Crippen LogP contribution in [0.25, 0.3) is 0 Å². The van der Waals surface area contributed by atoms with Gasteiger partial charge in [0.15, 0.2) is 0 Å². The molecule has 12 rings (SSSR count). The zero-order chi connectivity index (χ0) is 95.1. The van der Waals surface area contributed by atoms with E-state index < -0.39 is 36.0 Å². The van der Waals surface area contributed by atoms with E-state index in [1.54, 1.807) is 0 Å². The Bertz CT molecular complexity index is 5680. The lowest BCUT2D eigenvalue weighted by Crippen LogP contribution is -2.35. The van der Waals surface area contributed by atoms with Crippen LogP contribution in [-0.2, 0) is 110 Å². The van der Waals surface area contributed by atoms with E-state index in [9.17, 15) is 29.7 Å². The van der Waals surface area contributed by atoms with Crippen LogP contribution in [0, 0.1) is 41.5 Å². The predicted molar refractivity (Wildman–Crippen MR) is 531 cm³/mol. The summed E-state index contributed by atoms with van der Waals surface area (Å²) in [6.07, 6.45) is 0.958. The summed E-state index contributed by atoms with van der Waals surface area (Å²) in [6, 6.07) is 90.3. The molecule has 3 atom stereocenters. The Labute approximate surface area is 783 Å². The molecule has 0 aliphatic rings. The summed E-state index contributed by atoms with van der Waals surface area (Å²) in [5.74, 6) is 1.90. The molecule has 12 aromatic rings. The van der Waals surface area contributed by atoms with Crippen molar-refractivity contribution in [2.75, 3.05) is 19.6 Å². The van der Waals surface area contributed by atoms with Crippen molar-refractivity contribution in [2.45, 2.75) is 236 Å². The van der Waals surface area contributed by atoms with E-state index in [4.69, 9.17) is 45.6 Å². The van der Waals surface area contributed by atoms with Crippen LogP contribution in [-0.4, -0.2) is 85.7 Å². The molecule has 18 heteroatoms.